The molecule has 0 atom stereocenters. The number of ether oxygens (including phenoxy) is 1. The molecule has 1 fully saturated rings. The second-order valence-corrected chi connectivity index (χ2v) is 7.73. The predicted octanol–water partition coefficient (Wildman–Crippen LogP) is 3.81. The van der Waals surface area contributed by atoms with Gasteiger partial charge in [-0.1, -0.05) is 12.1 Å². The molecule has 7 nitrogen and oxygen atoms in total. The van der Waals surface area contributed by atoms with Gasteiger partial charge in [-0.2, -0.15) is 0 Å². The van der Waals surface area contributed by atoms with Gasteiger partial charge in [0.15, 0.2) is 11.7 Å². The van der Waals surface area contributed by atoms with E-state index in [1.807, 2.05) is 0 Å². The highest BCUT2D eigenvalue weighted by molar-refractivity contribution is 7.80. The monoisotopic (exact) mass is 493 g/mol. The van der Waals surface area contributed by atoms with Gasteiger partial charge in [-0.25, -0.2) is 8.78 Å². The molecule has 1 aliphatic rings. The zero-order chi connectivity index (χ0) is 24.9. The molecule has 0 saturated carbocycles. The van der Waals surface area contributed by atoms with Gasteiger partial charge >= 0.3 is 0 Å². The molecule has 10 heteroatoms. The molecule has 0 aliphatic carbocycles. The first kappa shape index (κ1) is 23.7. The number of amides is 3. The number of benzene rings is 3. The average molecular weight is 493 g/mol. The number of hydrogen-bond donors (Lipinski definition) is 2. The fourth-order valence-electron chi connectivity index (χ4n) is 3.19. The largest absolute Gasteiger partial charge is 0.484 e. The Morgan fingerprint density at radius 1 is 0.943 bits per heavy atom. The van der Waals surface area contributed by atoms with Crippen molar-refractivity contribution in [2.24, 2.45) is 0 Å². The van der Waals surface area contributed by atoms with Crippen LogP contribution in [0.3, 0.4) is 0 Å². The highest BCUT2D eigenvalue weighted by Gasteiger charge is 2.34. The highest BCUT2D eigenvalue weighted by atomic mass is 32.1. The van der Waals surface area contributed by atoms with Gasteiger partial charge in [0, 0.05) is 5.69 Å². The minimum Gasteiger partial charge on any atom is -0.484 e. The van der Waals surface area contributed by atoms with Crippen molar-refractivity contribution in [1.29, 1.82) is 0 Å². The van der Waals surface area contributed by atoms with Gasteiger partial charge in [0.1, 0.15) is 23.0 Å². The molecule has 0 bridgehead atoms. The van der Waals surface area contributed by atoms with E-state index in [1.54, 1.807) is 24.3 Å². The first-order chi connectivity index (χ1) is 16.8. The summed E-state index contributed by atoms with van der Waals surface area (Å²) in [7, 11) is 0. The minimum absolute atomic E-state index is 0.105. The summed E-state index contributed by atoms with van der Waals surface area (Å²) >= 11 is 5.11. The number of hydrogen-bond acceptors (Lipinski definition) is 5. The third kappa shape index (κ3) is 5.74. The Bertz CT molecular complexity index is 1320. The topological polar surface area (TPSA) is 87.7 Å². The van der Waals surface area contributed by atoms with Gasteiger partial charge in [0.25, 0.3) is 17.7 Å². The quantitative estimate of drug-likeness (QED) is 0.310. The maximum Gasteiger partial charge on any atom is 0.270 e. The normalized spacial score (nSPS) is 14.6. The molecule has 3 amide bonds. The third-order valence-corrected chi connectivity index (χ3v) is 5.16. The van der Waals surface area contributed by atoms with Crippen molar-refractivity contribution in [2.75, 3.05) is 16.8 Å². The zero-order valence-corrected chi connectivity index (χ0v) is 18.8. The molecule has 0 aromatic heterocycles. The molecule has 176 valence electrons. The second kappa shape index (κ2) is 10.2. The van der Waals surface area contributed by atoms with E-state index in [1.165, 1.54) is 54.6 Å². The first-order valence-electron chi connectivity index (χ1n) is 10.3. The zero-order valence-electron chi connectivity index (χ0n) is 18.0. The lowest BCUT2D eigenvalue weighted by Crippen LogP contribution is -2.54. The lowest BCUT2D eigenvalue weighted by molar-refractivity contribution is -0.122. The Morgan fingerprint density at radius 2 is 1.54 bits per heavy atom. The Kier molecular flexibility index (Phi) is 6.93. The number of anilines is 2. The van der Waals surface area contributed by atoms with Gasteiger partial charge in [-0.05, 0) is 84.5 Å². The Morgan fingerprint density at radius 3 is 2.17 bits per heavy atom. The van der Waals surface area contributed by atoms with Crippen LogP contribution in [0.2, 0.25) is 0 Å². The third-order valence-electron chi connectivity index (χ3n) is 4.88. The molecule has 3 aromatic rings. The number of thiocarbonyl (C=S) groups is 1. The van der Waals surface area contributed by atoms with Crippen LogP contribution in [-0.4, -0.2) is 29.4 Å². The van der Waals surface area contributed by atoms with E-state index < -0.39 is 29.4 Å². The average Bonchev–Trinajstić information content (AvgIpc) is 2.84. The van der Waals surface area contributed by atoms with Crippen LogP contribution >= 0.6 is 12.2 Å². The molecule has 1 saturated heterocycles. The molecule has 0 radical (unpaired) electrons. The van der Waals surface area contributed by atoms with Gasteiger partial charge in [-0.3, -0.25) is 24.6 Å². The van der Waals surface area contributed by atoms with Crippen molar-refractivity contribution >= 4 is 52.5 Å². The van der Waals surface area contributed by atoms with Gasteiger partial charge in [0.05, 0.1) is 5.69 Å². The van der Waals surface area contributed by atoms with Gasteiger partial charge in [-0.15, -0.1) is 0 Å². The van der Waals surface area contributed by atoms with Crippen molar-refractivity contribution in [2.45, 2.75) is 0 Å². The maximum atomic E-state index is 13.3. The van der Waals surface area contributed by atoms with Crippen LogP contribution in [0, 0.1) is 11.6 Å². The van der Waals surface area contributed by atoms with Crippen LogP contribution in [0.1, 0.15) is 5.56 Å². The fraction of sp³-hybridized carbons (Fsp3) is 0.0400. The van der Waals surface area contributed by atoms with Crippen LogP contribution < -0.4 is 20.3 Å². The van der Waals surface area contributed by atoms with E-state index >= 15 is 0 Å². The minimum atomic E-state index is -0.656. The lowest BCUT2D eigenvalue weighted by atomic mass is 10.1. The van der Waals surface area contributed by atoms with Crippen molar-refractivity contribution in [3.05, 3.63) is 95.6 Å². The highest BCUT2D eigenvalue weighted by Crippen LogP contribution is 2.23. The molecule has 1 aliphatic heterocycles. The van der Waals surface area contributed by atoms with Crippen molar-refractivity contribution in [3.63, 3.8) is 0 Å². The number of nitrogens with zero attached hydrogens (tertiary/aromatic N) is 1. The number of halogens is 2. The maximum absolute atomic E-state index is 13.3. The SMILES string of the molecule is O=C(COc1ccc(/C=C2/C(=O)NC(=S)N(c3ccc(F)cc3)C2=O)cc1)Nc1ccc(F)cc1. The summed E-state index contributed by atoms with van der Waals surface area (Å²) in [5, 5.41) is 4.93. The molecule has 4 rings (SSSR count). The molecule has 2 N–H and O–H groups in total. The molecular formula is C25H17F2N3O4S. The number of nitrogens with one attached hydrogen (secondary N) is 2. The summed E-state index contributed by atoms with van der Waals surface area (Å²) in [5.74, 6) is -2.23. The number of carbonyl (C=O) groups is 3. The fourth-order valence-corrected chi connectivity index (χ4v) is 3.47. The van der Waals surface area contributed by atoms with Crippen LogP contribution in [0.15, 0.2) is 78.4 Å². The summed E-state index contributed by atoms with van der Waals surface area (Å²) in [4.78, 5) is 38.5. The first-order valence-corrected chi connectivity index (χ1v) is 10.7. The van der Waals surface area contributed by atoms with Crippen LogP contribution in [-0.2, 0) is 14.4 Å². The Labute approximate surface area is 204 Å². The molecule has 1 heterocycles. The number of carbonyl (C=O) groups excluding carboxylic acids is 3. The predicted molar refractivity (Wildman–Crippen MR) is 130 cm³/mol. The second-order valence-electron chi connectivity index (χ2n) is 7.35. The summed E-state index contributed by atoms with van der Waals surface area (Å²) in [6.45, 7) is -0.275. The van der Waals surface area contributed by atoms with E-state index in [-0.39, 0.29) is 17.3 Å². The van der Waals surface area contributed by atoms with Gasteiger partial charge < -0.3 is 10.1 Å². The van der Waals surface area contributed by atoms with Crippen LogP contribution in [0.4, 0.5) is 20.2 Å². The van der Waals surface area contributed by atoms with Crippen molar-refractivity contribution < 1.29 is 27.9 Å². The van der Waals surface area contributed by atoms with E-state index in [4.69, 9.17) is 17.0 Å². The molecular weight excluding hydrogens is 476 g/mol. The van der Waals surface area contributed by atoms with Crippen LogP contribution in [0.5, 0.6) is 5.75 Å². The molecule has 3 aromatic carbocycles. The molecule has 0 unspecified atom stereocenters. The van der Waals surface area contributed by atoms with E-state index in [0.717, 1.165) is 4.90 Å². The standard InChI is InChI=1S/C25H17F2N3O4S/c26-16-3-7-18(8-4-16)28-22(31)14-34-20-11-1-15(2-12-20)13-21-23(32)29-25(35)30(24(21)33)19-9-5-17(27)6-10-19/h1-13H,14H2,(H,28,31)(H,29,32,35)/b21-13-. The lowest BCUT2D eigenvalue weighted by Gasteiger charge is -2.28. The van der Waals surface area contributed by atoms with E-state index in [9.17, 15) is 23.2 Å². The summed E-state index contributed by atoms with van der Waals surface area (Å²) < 4.78 is 31.6. The van der Waals surface area contributed by atoms with Crippen LogP contribution in [0.25, 0.3) is 6.08 Å². The summed E-state index contributed by atoms with van der Waals surface area (Å²) in [5.41, 5.74) is 1.12. The van der Waals surface area contributed by atoms with E-state index in [2.05, 4.69) is 10.6 Å². The van der Waals surface area contributed by atoms with Crippen molar-refractivity contribution in [3.8, 4) is 5.75 Å². The van der Waals surface area contributed by atoms with Crippen molar-refractivity contribution in [1.82, 2.24) is 5.32 Å². The Balaban J connectivity index is 1.42. The summed E-state index contributed by atoms with van der Waals surface area (Å²) in [6.07, 6.45) is 1.39. The molecule has 35 heavy (non-hydrogen) atoms. The Hall–Kier alpha value is -4.44. The number of rotatable bonds is 6. The molecule has 0 spiro atoms. The summed E-state index contributed by atoms with van der Waals surface area (Å²) in [6, 6.07) is 16.8. The van der Waals surface area contributed by atoms with E-state index in [0.29, 0.717) is 22.7 Å². The van der Waals surface area contributed by atoms with Gasteiger partial charge in [0.2, 0.25) is 0 Å². The smallest absolute Gasteiger partial charge is 0.270 e.